The van der Waals surface area contributed by atoms with Crippen LogP contribution in [0.4, 0.5) is 5.69 Å². The van der Waals surface area contributed by atoms with Crippen molar-refractivity contribution >= 4 is 18.4 Å². The van der Waals surface area contributed by atoms with Gasteiger partial charge < -0.3 is 14.7 Å². The molecule has 0 saturated carbocycles. The molecule has 1 saturated heterocycles. The molecule has 0 radical (unpaired) electrons. The first-order valence-electron chi connectivity index (χ1n) is 8.01. The van der Waals surface area contributed by atoms with Crippen molar-refractivity contribution in [2.24, 2.45) is 5.16 Å². The van der Waals surface area contributed by atoms with Gasteiger partial charge in [0, 0.05) is 39.1 Å². The zero-order valence-corrected chi connectivity index (χ0v) is 13.4. The maximum absolute atomic E-state index is 9.59. The van der Waals surface area contributed by atoms with Crippen molar-refractivity contribution in [3.05, 3.63) is 41.2 Å². The molecular formula is C16H21BN4O2. The normalized spacial score (nSPS) is 22.3. The molecule has 0 aromatic heterocycles. The largest absolute Gasteiger partial charge is 0.437 e. The Morgan fingerprint density at radius 1 is 1.30 bits per heavy atom. The number of nitrogens with zero attached hydrogens (tertiary/aromatic N) is 4. The molecule has 1 atom stereocenters. The van der Waals surface area contributed by atoms with Gasteiger partial charge in [0.05, 0.1) is 12.3 Å². The summed E-state index contributed by atoms with van der Waals surface area (Å²) in [5.41, 5.74) is 2.62. The second kappa shape index (κ2) is 7.13. The predicted molar refractivity (Wildman–Crippen MR) is 90.6 cm³/mol. The van der Waals surface area contributed by atoms with E-state index in [0.717, 1.165) is 50.4 Å². The molecule has 7 heteroatoms. The number of rotatable bonds is 4. The monoisotopic (exact) mass is 312 g/mol. The molecule has 0 aliphatic carbocycles. The van der Waals surface area contributed by atoms with Crippen LogP contribution in [0.1, 0.15) is 12.0 Å². The van der Waals surface area contributed by atoms with Crippen molar-refractivity contribution in [1.82, 2.24) is 9.71 Å². The lowest BCUT2D eigenvalue weighted by molar-refractivity contribution is 0.0421. The molecule has 2 aliphatic heterocycles. The Balaban J connectivity index is 1.49. The number of hydrogen-bond donors (Lipinski definition) is 1. The quantitative estimate of drug-likeness (QED) is 0.675. The maximum Gasteiger partial charge on any atom is 0.376 e. The van der Waals surface area contributed by atoms with E-state index in [1.165, 1.54) is 0 Å². The van der Waals surface area contributed by atoms with E-state index < -0.39 is 0 Å². The summed E-state index contributed by atoms with van der Waals surface area (Å²) >= 11 is 0. The van der Waals surface area contributed by atoms with Gasteiger partial charge in [-0.15, -0.1) is 0 Å². The molecule has 0 spiro atoms. The smallest absolute Gasteiger partial charge is 0.376 e. The van der Waals surface area contributed by atoms with Crippen LogP contribution >= 0.6 is 0 Å². The summed E-state index contributed by atoms with van der Waals surface area (Å²) in [6.07, 6.45) is 0.886. The van der Waals surface area contributed by atoms with Gasteiger partial charge in [0.25, 0.3) is 0 Å². The number of benzene rings is 1. The molecule has 6 nitrogen and oxygen atoms in total. The molecule has 1 aromatic rings. The molecule has 0 bridgehead atoms. The average Bonchev–Trinajstić information content (AvgIpc) is 3.04. The molecule has 2 aliphatic rings. The Bertz CT molecular complexity index is 604. The van der Waals surface area contributed by atoms with Crippen LogP contribution in [0.2, 0.25) is 6.82 Å². The molecular weight excluding hydrogens is 291 g/mol. The molecule has 1 aromatic carbocycles. The van der Waals surface area contributed by atoms with Crippen LogP contribution < -0.4 is 0 Å². The van der Waals surface area contributed by atoms with Crippen molar-refractivity contribution in [2.45, 2.75) is 19.3 Å². The molecule has 2 heterocycles. The van der Waals surface area contributed by atoms with E-state index in [0.29, 0.717) is 5.69 Å². The first kappa shape index (κ1) is 16.0. The van der Waals surface area contributed by atoms with Crippen molar-refractivity contribution in [3.63, 3.8) is 0 Å². The van der Waals surface area contributed by atoms with E-state index >= 15 is 0 Å². The average molecular weight is 312 g/mol. The predicted octanol–water partition coefficient (Wildman–Crippen LogP) is 1.46. The van der Waals surface area contributed by atoms with E-state index in [1.807, 2.05) is 31.1 Å². The highest BCUT2D eigenvalue weighted by molar-refractivity contribution is 6.45. The second-order valence-corrected chi connectivity index (χ2v) is 6.10. The van der Waals surface area contributed by atoms with Crippen LogP contribution in [0.25, 0.3) is 4.85 Å². The van der Waals surface area contributed by atoms with Gasteiger partial charge in [-0.2, -0.15) is 0 Å². The van der Waals surface area contributed by atoms with E-state index in [2.05, 4.69) is 19.7 Å². The van der Waals surface area contributed by atoms with Gasteiger partial charge in [-0.05, 0) is 12.4 Å². The van der Waals surface area contributed by atoms with Gasteiger partial charge in [0.2, 0.25) is 0 Å². The minimum atomic E-state index is -0.367. The van der Waals surface area contributed by atoms with Gasteiger partial charge in [-0.1, -0.05) is 29.4 Å². The lowest BCUT2D eigenvalue weighted by atomic mass is 9.84. The fraction of sp³-hybridized carbons (Fsp3) is 0.500. The van der Waals surface area contributed by atoms with Crippen LogP contribution in [-0.2, 0) is 4.84 Å². The summed E-state index contributed by atoms with van der Waals surface area (Å²) in [5.74, 6) is 0. The Hall–Kier alpha value is -1.88. The summed E-state index contributed by atoms with van der Waals surface area (Å²) in [6, 6.07) is 7.49. The van der Waals surface area contributed by atoms with Gasteiger partial charge in [-0.3, -0.25) is 4.90 Å². The standard InChI is InChI=1S/C16H21BN4O2/c1-17(22)21-9-7-20(8-10-21)12-15-11-16(19-23-15)13-3-5-14(18-2)6-4-13/h3-6,15,22H,7-12H2,1H3. The first-order valence-corrected chi connectivity index (χ1v) is 8.01. The lowest BCUT2D eigenvalue weighted by Gasteiger charge is -2.35. The Kier molecular flexibility index (Phi) is 4.96. The highest BCUT2D eigenvalue weighted by Gasteiger charge is 2.28. The topological polar surface area (TPSA) is 52.7 Å². The summed E-state index contributed by atoms with van der Waals surface area (Å²) in [4.78, 5) is 13.4. The Labute approximate surface area is 137 Å². The van der Waals surface area contributed by atoms with Gasteiger partial charge in [0.1, 0.15) is 6.10 Å². The third kappa shape index (κ3) is 3.91. The molecule has 120 valence electrons. The molecule has 0 amide bonds. The molecule has 23 heavy (non-hydrogen) atoms. The first-order chi connectivity index (χ1) is 11.2. The van der Waals surface area contributed by atoms with Crippen LogP contribution in [-0.4, -0.2) is 66.3 Å². The van der Waals surface area contributed by atoms with Crippen LogP contribution in [0.3, 0.4) is 0 Å². The highest BCUT2D eigenvalue weighted by atomic mass is 16.6. The molecule has 1 unspecified atom stereocenters. The van der Waals surface area contributed by atoms with E-state index in [9.17, 15) is 5.02 Å². The van der Waals surface area contributed by atoms with Gasteiger partial charge in [-0.25, -0.2) is 4.85 Å². The van der Waals surface area contributed by atoms with E-state index in [-0.39, 0.29) is 13.2 Å². The van der Waals surface area contributed by atoms with Crippen molar-refractivity contribution < 1.29 is 9.86 Å². The fourth-order valence-electron chi connectivity index (χ4n) is 3.03. The SMILES string of the molecule is [C-]#[N+]c1ccc(C2=NOC(CN3CCN(B(C)O)CC3)C2)cc1. The lowest BCUT2D eigenvalue weighted by Crippen LogP contribution is -2.52. The Morgan fingerprint density at radius 3 is 2.61 bits per heavy atom. The van der Waals surface area contributed by atoms with E-state index in [1.54, 1.807) is 0 Å². The molecule has 1 N–H and O–H groups in total. The maximum atomic E-state index is 9.59. The third-order valence-corrected chi connectivity index (χ3v) is 4.46. The summed E-state index contributed by atoms with van der Waals surface area (Å²) in [7, 11) is -0.367. The minimum absolute atomic E-state index is 0.0867. The third-order valence-electron chi connectivity index (χ3n) is 4.46. The molecule has 3 rings (SSSR count). The number of piperazine rings is 1. The Morgan fingerprint density at radius 2 is 2.00 bits per heavy atom. The number of hydrogen-bond acceptors (Lipinski definition) is 5. The van der Waals surface area contributed by atoms with E-state index in [4.69, 9.17) is 11.4 Å². The number of oxime groups is 1. The van der Waals surface area contributed by atoms with Crippen LogP contribution in [0.5, 0.6) is 0 Å². The fourth-order valence-corrected chi connectivity index (χ4v) is 3.03. The van der Waals surface area contributed by atoms with Gasteiger partial charge >= 0.3 is 7.05 Å². The zero-order valence-electron chi connectivity index (χ0n) is 13.4. The summed E-state index contributed by atoms with van der Waals surface area (Å²) in [6.45, 7) is 13.3. The van der Waals surface area contributed by atoms with Crippen molar-refractivity contribution in [2.75, 3.05) is 32.7 Å². The summed E-state index contributed by atoms with van der Waals surface area (Å²) in [5, 5.41) is 13.8. The highest BCUT2D eigenvalue weighted by Crippen LogP contribution is 2.20. The zero-order chi connectivity index (χ0) is 16.2. The molecule has 1 fully saturated rings. The van der Waals surface area contributed by atoms with Gasteiger partial charge in [0.15, 0.2) is 5.69 Å². The van der Waals surface area contributed by atoms with Crippen molar-refractivity contribution in [3.8, 4) is 0 Å². The van der Waals surface area contributed by atoms with Crippen LogP contribution in [0, 0.1) is 6.57 Å². The van der Waals surface area contributed by atoms with Crippen molar-refractivity contribution in [1.29, 1.82) is 0 Å². The van der Waals surface area contributed by atoms with Crippen LogP contribution in [0.15, 0.2) is 29.4 Å². The minimum Gasteiger partial charge on any atom is -0.437 e. The summed E-state index contributed by atoms with van der Waals surface area (Å²) < 4.78 is 0. The second-order valence-electron chi connectivity index (χ2n) is 6.10.